The molecular formula is C13H13N3. The van der Waals surface area contributed by atoms with Crippen LogP contribution in [-0.2, 0) is 0 Å². The molecule has 0 aliphatic rings. The van der Waals surface area contributed by atoms with E-state index >= 15 is 0 Å². The molecule has 3 nitrogen and oxygen atoms in total. The first-order valence-corrected chi connectivity index (χ1v) is 5.08. The highest BCUT2D eigenvalue weighted by Gasteiger charge is 2.00. The van der Waals surface area contributed by atoms with Gasteiger partial charge in [0.2, 0.25) is 0 Å². The Morgan fingerprint density at radius 2 is 2.12 bits per heavy atom. The van der Waals surface area contributed by atoms with Crippen molar-refractivity contribution in [2.75, 3.05) is 0 Å². The lowest BCUT2D eigenvalue weighted by Gasteiger charge is -1.99. The lowest BCUT2D eigenvalue weighted by atomic mass is 10.1. The van der Waals surface area contributed by atoms with Gasteiger partial charge in [-0.25, -0.2) is 0 Å². The quantitative estimate of drug-likeness (QED) is 0.742. The van der Waals surface area contributed by atoms with E-state index in [0.29, 0.717) is 0 Å². The third-order valence-corrected chi connectivity index (χ3v) is 2.43. The van der Waals surface area contributed by atoms with E-state index in [2.05, 4.69) is 21.7 Å². The molecule has 2 aromatic heterocycles. The Hall–Kier alpha value is -2.16. The van der Waals surface area contributed by atoms with E-state index in [4.69, 9.17) is 0 Å². The van der Waals surface area contributed by atoms with Crippen LogP contribution in [0, 0.1) is 0 Å². The standard InChI is InChI=1S/C13H13N3/c1-3-12-11(6-9-16-12)13(14-2)10-4-7-15-8-5-10/h3-9,16H,2H2,1H3/b12-3+,13-11-. The second-order valence-corrected chi connectivity index (χ2v) is 3.34. The van der Waals surface area contributed by atoms with Crippen molar-refractivity contribution >= 4 is 18.5 Å². The van der Waals surface area contributed by atoms with Gasteiger partial charge in [0.25, 0.3) is 0 Å². The third-order valence-electron chi connectivity index (χ3n) is 2.43. The molecule has 0 aliphatic carbocycles. The molecule has 0 radical (unpaired) electrons. The zero-order chi connectivity index (χ0) is 11.4. The Bertz CT molecular complexity index is 594. The molecule has 0 spiro atoms. The summed E-state index contributed by atoms with van der Waals surface area (Å²) in [7, 11) is 0. The number of aromatic nitrogens is 2. The van der Waals surface area contributed by atoms with Crippen LogP contribution < -0.4 is 10.6 Å². The van der Waals surface area contributed by atoms with Gasteiger partial charge in [-0.1, -0.05) is 6.08 Å². The van der Waals surface area contributed by atoms with Crippen LogP contribution in [0.2, 0.25) is 0 Å². The molecule has 0 aliphatic heterocycles. The highest BCUT2D eigenvalue weighted by atomic mass is 14.7. The molecule has 0 atom stereocenters. The summed E-state index contributed by atoms with van der Waals surface area (Å²) >= 11 is 0. The van der Waals surface area contributed by atoms with Gasteiger partial charge in [0.05, 0.1) is 5.70 Å². The fourth-order valence-corrected chi connectivity index (χ4v) is 1.67. The Morgan fingerprint density at radius 1 is 1.38 bits per heavy atom. The normalized spacial score (nSPS) is 13.7. The van der Waals surface area contributed by atoms with Crippen molar-refractivity contribution in [3.8, 4) is 0 Å². The first-order chi connectivity index (χ1) is 7.86. The van der Waals surface area contributed by atoms with Gasteiger partial charge < -0.3 is 4.98 Å². The lowest BCUT2D eigenvalue weighted by molar-refractivity contribution is 1.28. The van der Waals surface area contributed by atoms with Gasteiger partial charge in [0, 0.05) is 34.7 Å². The van der Waals surface area contributed by atoms with Gasteiger partial charge in [-0.3, -0.25) is 9.98 Å². The highest BCUT2D eigenvalue weighted by Crippen LogP contribution is 2.09. The minimum Gasteiger partial charge on any atom is -0.361 e. The van der Waals surface area contributed by atoms with Gasteiger partial charge in [-0.05, 0) is 31.8 Å². The average molecular weight is 211 g/mol. The number of H-pyrrole nitrogens is 1. The van der Waals surface area contributed by atoms with Gasteiger partial charge in [0.1, 0.15) is 0 Å². The maximum absolute atomic E-state index is 4.11. The summed E-state index contributed by atoms with van der Waals surface area (Å²) in [6.45, 7) is 5.62. The molecule has 0 fully saturated rings. The molecule has 16 heavy (non-hydrogen) atoms. The molecular weight excluding hydrogens is 198 g/mol. The van der Waals surface area contributed by atoms with Crippen LogP contribution in [0.1, 0.15) is 12.5 Å². The minimum absolute atomic E-state index is 0.872. The lowest BCUT2D eigenvalue weighted by Crippen LogP contribution is -2.24. The predicted molar refractivity (Wildman–Crippen MR) is 66.5 cm³/mol. The summed E-state index contributed by atoms with van der Waals surface area (Å²) in [4.78, 5) is 11.3. The largest absolute Gasteiger partial charge is 0.361 e. The molecule has 2 aromatic rings. The van der Waals surface area contributed by atoms with Crippen molar-refractivity contribution in [2.24, 2.45) is 4.99 Å². The van der Waals surface area contributed by atoms with Crippen LogP contribution in [0.3, 0.4) is 0 Å². The summed E-state index contributed by atoms with van der Waals surface area (Å²) < 4.78 is 0. The Labute approximate surface area is 93.9 Å². The van der Waals surface area contributed by atoms with E-state index in [1.165, 1.54) is 0 Å². The molecule has 0 saturated heterocycles. The first kappa shape index (κ1) is 10.4. The van der Waals surface area contributed by atoms with Crippen molar-refractivity contribution in [1.82, 2.24) is 9.97 Å². The molecule has 3 heteroatoms. The number of aliphatic imine (C=N–C) groups is 1. The predicted octanol–water partition coefficient (Wildman–Crippen LogP) is 1.07. The molecule has 0 bridgehead atoms. The number of aromatic amines is 1. The fourth-order valence-electron chi connectivity index (χ4n) is 1.67. The molecule has 2 rings (SSSR count). The summed E-state index contributed by atoms with van der Waals surface area (Å²) in [5, 5.41) is 2.11. The second kappa shape index (κ2) is 4.57. The van der Waals surface area contributed by atoms with Gasteiger partial charge >= 0.3 is 0 Å². The van der Waals surface area contributed by atoms with E-state index in [1.54, 1.807) is 12.4 Å². The van der Waals surface area contributed by atoms with E-state index in [1.807, 2.05) is 37.4 Å². The molecule has 0 amide bonds. The fraction of sp³-hybridized carbons (Fsp3) is 0.0769. The van der Waals surface area contributed by atoms with Crippen LogP contribution in [0.5, 0.6) is 0 Å². The van der Waals surface area contributed by atoms with Crippen LogP contribution in [0.4, 0.5) is 0 Å². The van der Waals surface area contributed by atoms with Gasteiger partial charge in [-0.15, -0.1) is 0 Å². The Balaban J connectivity index is 2.79. The average Bonchev–Trinajstić information content (AvgIpc) is 2.80. The molecule has 1 N–H and O–H groups in total. The second-order valence-electron chi connectivity index (χ2n) is 3.34. The smallest absolute Gasteiger partial charge is 0.0789 e. The number of pyridine rings is 1. The summed E-state index contributed by atoms with van der Waals surface area (Å²) in [6.07, 6.45) is 7.42. The van der Waals surface area contributed by atoms with Crippen LogP contribution in [0.15, 0.2) is 41.8 Å². The van der Waals surface area contributed by atoms with E-state index in [-0.39, 0.29) is 0 Å². The number of nitrogens with one attached hydrogen (secondary N) is 1. The van der Waals surface area contributed by atoms with E-state index in [9.17, 15) is 0 Å². The van der Waals surface area contributed by atoms with Crippen molar-refractivity contribution in [1.29, 1.82) is 0 Å². The molecule has 0 saturated carbocycles. The Kier molecular flexibility index (Phi) is 2.96. The molecule has 0 unspecified atom stereocenters. The third kappa shape index (κ3) is 1.80. The minimum atomic E-state index is 0.872. The van der Waals surface area contributed by atoms with E-state index < -0.39 is 0 Å². The van der Waals surface area contributed by atoms with E-state index in [0.717, 1.165) is 21.8 Å². The summed E-state index contributed by atoms with van der Waals surface area (Å²) in [5.41, 5.74) is 1.89. The summed E-state index contributed by atoms with van der Waals surface area (Å²) in [5.74, 6) is 0. The highest BCUT2D eigenvalue weighted by molar-refractivity contribution is 5.67. The monoisotopic (exact) mass is 211 g/mol. The van der Waals surface area contributed by atoms with Crippen LogP contribution >= 0.6 is 0 Å². The zero-order valence-corrected chi connectivity index (χ0v) is 9.14. The number of hydrogen-bond acceptors (Lipinski definition) is 2. The van der Waals surface area contributed by atoms with Crippen LogP contribution in [0.25, 0.3) is 11.8 Å². The molecule has 0 aromatic carbocycles. The van der Waals surface area contributed by atoms with Crippen molar-refractivity contribution in [3.63, 3.8) is 0 Å². The maximum Gasteiger partial charge on any atom is 0.0789 e. The molecule has 80 valence electrons. The van der Waals surface area contributed by atoms with Crippen molar-refractivity contribution < 1.29 is 0 Å². The Morgan fingerprint density at radius 3 is 2.75 bits per heavy atom. The molecule has 2 heterocycles. The summed E-state index contributed by atoms with van der Waals surface area (Å²) in [6, 6.07) is 5.85. The van der Waals surface area contributed by atoms with Gasteiger partial charge in [0.15, 0.2) is 0 Å². The van der Waals surface area contributed by atoms with Gasteiger partial charge in [-0.2, -0.15) is 0 Å². The topological polar surface area (TPSA) is 41.0 Å². The zero-order valence-electron chi connectivity index (χ0n) is 9.14. The van der Waals surface area contributed by atoms with Crippen molar-refractivity contribution in [2.45, 2.75) is 6.92 Å². The first-order valence-electron chi connectivity index (χ1n) is 5.08. The SMILES string of the molecule is C=N/C(c1ccncc1)=c1/cc[nH]/c1=C/C. The maximum atomic E-state index is 4.11. The number of nitrogens with zero attached hydrogens (tertiary/aromatic N) is 2. The number of hydrogen-bond donors (Lipinski definition) is 1. The van der Waals surface area contributed by atoms with Crippen molar-refractivity contribution in [3.05, 3.63) is 52.9 Å². The van der Waals surface area contributed by atoms with Crippen LogP contribution in [-0.4, -0.2) is 16.7 Å². The number of rotatable bonds is 2.